The first-order valence-corrected chi connectivity index (χ1v) is 6.27. The average Bonchev–Trinajstić information content (AvgIpc) is 2.22. The molecule has 0 aromatic carbocycles. The Morgan fingerprint density at radius 3 is 2.24 bits per heavy atom. The largest absolute Gasteiger partial charge is 0.480 e. The van der Waals surface area contributed by atoms with E-state index in [-0.39, 0.29) is 0 Å². The van der Waals surface area contributed by atoms with E-state index in [4.69, 9.17) is 5.11 Å². The molecule has 0 saturated heterocycles. The number of aliphatic carboxylic acids is 1. The highest BCUT2D eigenvalue weighted by atomic mass is 16.4. The van der Waals surface area contributed by atoms with Gasteiger partial charge >= 0.3 is 5.97 Å². The van der Waals surface area contributed by atoms with Crippen LogP contribution in [0.4, 0.5) is 0 Å². The second-order valence-corrected chi connectivity index (χ2v) is 4.65. The highest BCUT2D eigenvalue weighted by Gasteiger charge is 2.22. The molecular formula is C12H27N3O2. The topological polar surface area (TPSA) is 55.8 Å². The summed E-state index contributed by atoms with van der Waals surface area (Å²) in [5.41, 5.74) is 0. The number of nitrogens with one attached hydrogen (secondary N) is 1. The van der Waals surface area contributed by atoms with Gasteiger partial charge in [-0.25, -0.2) is 0 Å². The Morgan fingerprint density at radius 1 is 1.29 bits per heavy atom. The maximum Gasteiger partial charge on any atom is 0.322 e. The van der Waals surface area contributed by atoms with Gasteiger partial charge in [0.25, 0.3) is 0 Å². The van der Waals surface area contributed by atoms with Crippen LogP contribution in [0.15, 0.2) is 0 Å². The van der Waals surface area contributed by atoms with Gasteiger partial charge in [0.2, 0.25) is 0 Å². The van der Waals surface area contributed by atoms with Gasteiger partial charge in [-0.15, -0.1) is 0 Å². The van der Waals surface area contributed by atoms with Crippen LogP contribution in [-0.4, -0.2) is 73.2 Å². The number of carboxylic acid groups (broad SMARTS) is 1. The van der Waals surface area contributed by atoms with E-state index in [0.717, 1.165) is 13.1 Å². The smallest absolute Gasteiger partial charge is 0.322 e. The van der Waals surface area contributed by atoms with Gasteiger partial charge in [0, 0.05) is 19.1 Å². The normalized spacial score (nSPS) is 15.2. The van der Waals surface area contributed by atoms with Crippen LogP contribution in [0.2, 0.25) is 0 Å². The average molecular weight is 245 g/mol. The Hall–Kier alpha value is -0.650. The third-order valence-electron chi connectivity index (χ3n) is 2.82. The number of rotatable bonds is 9. The van der Waals surface area contributed by atoms with Crippen LogP contribution in [-0.2, 0) is 4.79 Å². The minimum atomic E-state index is -0.776. The van der Waals surface area contributed by atoms with Crippen LogP contribution in [0.1, 0.15) is 20.8 Å². The zero-order chi connectivity index (χ0) is 13.4. The lowest BCUT2D eigenvalue weighted by Gasteiger charge is -2.32. The number of hydrogen-bond donors (Lipinski definition) is 2. The van der Waals surface area contributed by atoms with Crippen LogP contribution in [0.25, 0.3) is 0 Å². The summed E-state index contributed by atoms with van der Waals surface area (Å²) >= 11 is 0. The number of carbonyl (C=O) groups is 1. The van der Waals surface area contributed by atoms with Crippen LogP contribution >= 0.6 is 0 Å². The summed E-state index contributed by atoms with van der Waals surface area (Å²) in [5, 5.41) is 12.1. The van der Waals surface area contributed by atoms with Gasteiger partial charge in [-0.05, 0) is 34.1 Å². The number of hydrogen-bond acceptors (Lipinski definition) is 4. The molecule has 0 radical (unpaired) electrons. The molecule has 0 heterocycles. The van der Waals surface area contributed by atoms with E-state index in [1.54, 1.807) is 0 Å². The zero-order valence-electron chi connectivity index (χ0n) is 11.7. The molecule has 2 unspecified atom stereocenters. The summed E-state index contributed by atoms with van der Waals surface area (Å²) in [6.45, 7) is 9.16. The van der Waals surface area contributed by atoms with Crippen molar-refractivity contribution in [2.75, 3.05) is 40.3 Å². The minimum absolute atomic E-state index is 0.357. The number of likely N-dealkylation sites (N-methyl/N-ethyl adjacent to an activating group) is 3. The van der Waals surface area contributed by atoms with Crippen molar-refractivity contribution in [2.45, 2.75) is 32.9 Å². The van der Waals surface area contributed by atoms with Gasteiger partial charge in [-0.1, -0.05) is 13.8 Å². The summed E-state index contributed by atoms with van der Waals surface area (Å²) in [4.78, 5) is 15.4. The SMILES string of the molecule is CCNC(CN(CC)C(C)CN(C)C)C(=O)O. The van der Waals surface area contributed by atoms with Crippen LogP contribution in [0, 0.1) is 0 Å². The fourth-order valence-electron chi connectivity index (χ4n) is 1.98. The summed E-state index contributed by atoms with van der Waals surface area (Å²) in [5.74, 6) is -0.776. The third-order valence-corrected chi connectivity index (χ3v) is 2.82. The van der Waals surface area contributed by atoms with Crippen molar-refractivity contribution in [2.24, 2.45) is 0 Å². The molecule has 102 valence electrons. The Labute approximate surface area is 105 Å². The van der Waals surface area contributed by atoms with Crippen LogP contribution < -0.4 is 5.32 Å². The molecule has 0 aliphatic carbocycles. The van der Waals surface area contributed by atoms with Crippen LogP contribution in [0.5, 0.6) is 0 Å². The van der Waals surface area contributed by atoms with Gasteiger partial charge in [0.1, 0.15) is 6.04 Å². The first-order chi connectivity index (χ1) is 7.92. The molecule has 2 atom stereocenters. The maximum absolute atomic E-state index is 11.1. The van der Waals surface area contributed by atoms with Gasteiger partial charge in [0.05, 0.1) is 0 Å². The lowest BCUT2D eigenvalue weighted by atomic mass is 10.2. The van der Waals surface area contributed by atoms with E-state index in [0.29, 0.717) is 19.1 Å². The van der Waals surface area contributed by atoms with Crippen LogP contribution in [0.3, 0.4) is 0 Å². The molecule has 17 heavy (non-hydrogen) atoms. The van der Waals surface area contributed by atoms with Crippen molar-refractivity contribution in [3.63, 3.8) is 0 Å². The molecule has 0 spiro atoms. The molecule has 0 aliphatic heterocycles. The lowest BCUT2D eigenvalue weighted by molar-refractivity contribution is -0.140. The van der Waals surface area contributed by atoms with E-state index >= 15 is 0 Å². The Morgan fingerprint density at radius 2 is 1.88 bits per heavy atom. The predicted molar refractivity (Wildman–Crippen MR) is 70.4 cm³/mol. The van der Waals surface area contributed by atoms with E-state index in [1.807, 2.05) is 21.0 Å². The third kappa shape index (κ3) is 6.61. The van der Waals surface area contributed by atoms with Gasteiger partial charge < -0.3 is 15.3 Å². The van der Waals surface area contributed by atoms with Crippen molar-refractivity contribution < 1.29 is 9.90 Å². The summed E-state index contributed by atoms with van der Waals surface area (Å²) in [6, 6.07) is -0.125. The fraction of sp³-hybridized carbons (Fsp3) is 0.917. The number of nitrogens with zero attached hydrogens (tertiary/aromatic N) is 2. The maximum atomic E-state index is 11.1. The van der Waals surface area contributed by atoms with Crippen molar-refractivity contribution in [3.05, 3.63) is 0 Å². The van der Waals surface area contributed by atoms with Crippen molar-refractivity contribution in [1.82, 2.24) is 15.1 Å². The van der Waals surface area contributed by atoms with E-state index in [1.165, 1.54) is 0 Å². The van der Waals surface area contributed by atoms with Gasteiger partial charge in [0.15, 0.2) is 0 Å². The second kappa shape index (κ2) is 8.44. The van der Waals surface area contributed by atoms with Crippen molar-refractivity contribution >= 4 is 5.97 Å². The van der Waals surface area contributed by atoms with E-state index < -0.39 is 12.0 Å². The standard InChI is InChI=1S/C12H27N3O2/c1-6-13-11(12(16)17)9-15(7-2)10(3)8-14(4)5/h10-11,13H,6-9H2,1-5H3,(H,16,17). The molecule has 2 N–H and O–H groups in total. The molecule has 0 aromatic rings. The quantitative estimate of drug-likeness (QED) is 0.613. The molecule has 0 saturated carbocycles. The summed E-state index contributed by atoms with van der Waals surface area (Å²) < 4.78 is 0. The second-order valence-electron chi connectivity index (χ2n) is 4.65. The fourth-order valence-corrected chi connectivity index (χ4v) is 1.98. The Balaban J connectivity index is 4.38. The molecule has 5 heteroatoms. The predicted octanol–water partition coefficient (Wildman–Crippen LogP) is 0.321. The van der Waals surface area contributed by atoms with E-state index in [9.17, 15) is 4.79 Å². The van der Waals surface area contributed by atoms with Gasteiger partial charge in [-0.3, -0.25) is 9.69 Å². The van der Waals surface area contributed by atoms with E-state index in [2.05, 4.69) is 29.0 Å². The highest BCUT2D eigenvalue weighted by Crippen LogP contribution is 2.02. The first-order valence-electron chi connectivity index (χ1n) is 6.27. The Kier molecular flexibility index (Phi) is 8.12. The highest BCUT2D eigenvalue weighted by molar-refractivity contribution is 5.73. The summed E-state index contributed by atoms with van der Waals surface area (Å²) in [7, 11) is 4.06. The zero-order valence-corrected chi connectivity index (χ0v) is 11.7. The Bertz CT molecular complexity index is 222. The lowest BCUT2D eigenvalue weighted by Crippen LogP contribution is -2.50. The molecule has 0 amide bonds. The number of carboxylic acids is 1. The summed E-state index contributed by atoms with van der Waals surface area (Å²) in [6.07, 6.45) is 0. The molecule has 5 nitrogen and oxygen atoms in total. The molecule has 0 aromatic heterocycles. The molecule has 0 rings (SSSR count). The monoisotopic (exact) mass is 245 g/mol. The van der Waals surface area contributed by atoms with Crippen molar-refractivity contribution in [3.8, 4) is 0 Å². The first kappa shape index (κ1) is 16.4. The van der Waals surface area contributed by atoms with Crippen molar-refractivity contribution in [1.29, 1.82) is 0 Å². The van der Waals surface area contributed by atoms with Gasteiger partial charge in [-0.2, -0.15) is 0 Å². The molecular weight excluding hydrogens is 218 g/mol. The molecule has 0 aliphatic rings. The molecule has 0 bridgehead atoms. The molecule has 0 fully saturated rings. The minimum Gasteiger partial charge on any atom is -0.480 e.